The van der Waals surface area contributed by atoms with Crippen LogP contribution in [0.3, 0.4) is 0 Å². The maximum atomic E-state index is 5.90. The number of imidazole rings is 1. The number of rotatable bonds is 5. The van der Waals surface area contributed by atoms with Crippen molar-refractivity contribution in [2.24, 2.45) is 7.05 Å². The van der Waals surface area contributed by atoms with Crippen LogP contribution in [0.25, 0.3) is 11.2 Å². The number of aromatic nitrogens is 5. The van der Waals surface area contributed by atoms with Crippen LogP contribution in [-0.4, -0.2) is 30.2 Å². The Balaban J connectivity index is 2.07. The van der Waals surface area contributed by atoms with E-state index in [0.717, 1.165) is 34.9 Å². The van der Waals surface area contributed by atoms with E-state index >= 15 is 0 Å². The average Bonchev–Trinajstić information content (AvgIpc) is 3.11. The highest BCUT2D eigenvalue weighted by Gasteiger charge is 2.18. The Morgan fingerprint density at radius 3 is 2.86 bits per heavy atom. The van der Waals surface area contributed by atoms with E-state index in [1.807, 2.05) is 25.6 Å². The van der Waals surface area contributed by atoms with Gasteiger partial charge in [-0.25, -0.2) is 9.97 Å². The minimum Gasteiger partial charge on any atom is -0.444 e. The van der Waals surface area contributed by atoms with Crippen molar-refractivity contribution in [3.8, 4) is 0 Å². The molecule has 0 atom stereocenters. The Morgan fingerprint density at radius 1 is 1.38 bits per heavy atom. The van der Waals surface area contributed by atoms with Crippen molar-refractivity contribution >= 4 is 22.8 Å². The Hall–Kier alpha value is -1.82. The molecule has 0 unspecified atom stereocenters. The van der Waals surface area contributed by atoms with Gasteiger partial charge in [-0.15, -0.1) is 11.6 Å². The van der Waals surface area contributed by atoms with Crippen LogP contribution in [0, 0.1) is 6.92 Å². The number of aryl methyl sites for hydroxylation is 4. The van der Waals surface area contributed by atoms with Gasteiger partial charge in [-0.05, 0) is 6.92 Å². The number of oxazole rings is 1. The molecule has 0 aliphatic carbocycles. The Bertz CT molecular complexity index is 770. The molecule has 0 N–H and O–H groups in total. The quantitative estimate of drug-likeness (QED) is 0.679. The van der Waals surface area contributed by atoms with Gasteiger partial charge >= 0.3 is 0 Å². The zero-order valence-corrected chi connectivity index (χ0v) is 13.2. The third-order valence-electron chi connectivity index (χ3n) is 3.53. The van der Waals surface area contributed by atoms with Crippen molar-refractivity contribution in [2.75, 3.05) is 5.88 Å². The summed E-state index contributed by atoms with van der Waals surface area (Å²) in [6.07, 6.45) is 3.32. The van der Waals surface area contributed by atoms with Crippen molar-refractivity contribution in [1.82, 2.24) is 24.3 Å². The molecule has 112 valence electrons. The predicted molar refractivity (Wildman–Crippen MR) is 80.6 cm³/mol. The van der Waals surface area contributed by atoms with E-state index in [2.05, 4.69) is 19.6 Å². The van der Waals surface area contributed by atoms with E-state index in [1.54, 1.807) is 6.20 Å². The maximum Gasteiger partial charge on any atom is 0.214 e. The molecule has 7 heteroatoms. The van der Waals surface area contributed by atoms with Crippen LogP contribution < -0.4 is 0 Å². The van der Waals surface area contributed by atoms with Crippen molar-refractivity contribution in [1.29, 1.82) is 0 Å². The van der Waals surface area contributed by atoms with Crippen LogP contribution in [0.4, 0.5) is 0 Å². The zero-order valence-electron chi connectivity index (χ0n) is 12.4. The normalized spacial score (nSPS) is 11.6. The molecule has 0 aliphatic heterocycles. The summed E-state index contributed by atoms with van der Waals surface area (Å²) in [7, 11) is 1.92. The lowest BCUT2D eigenvalue weighted by atomic mass is 10.4. The molecule has 0 radical (unpaired) electrons. The van der Waals surface area contributed by atoms with E-state index in [9.17, 15) is 0 Å². The molecule has 0 fully saturated rings. The molecule has 0 amide bonds. The maximum absolute atomic E-state index is 5.90. The molecule has 0 saturated heterocycles. The molecule has 0 saturated carbocycles. The molecule has 6 nitrogen and oxygen atoms in total. The molecule has 3 aromatic heterocycles. The van der Waals surface area contributed by atoms with Gasteiger partial charge in [-0.2, -0.15) is 5.10 Å². The first-order chi connectivity index (χ1) is 10.1. The first kappa shape index (κ1) is 14.1. The van der Waals surface area contributed by atoms with E-state index < -0.39 is 0 Å². The monoisotopic (exact) mass is 307 g/mol. The molecule has 0 bridgehead atoms. The third-order valence-corrected chi connectivity index (χ3v) is 3.72. The smallest absolute Gasteiger partial charge is 0.214 e. The van der Waals surface area contributed by atoms with Crippen LogP contribution in [0.2, 0.25) is 0 Å². The zero-order chi connectivity index (χ0) is 15.0. The highest BCUT2D eigenvalue weighted by Crippen LogP contribution is 2.21. The summed E-state index contributed by atoms with van der Waals surface area (Å²) in [5, 5.41) is 4.42. The molecule has 0 spiro atoms. The fourth-order valence-electron chi connectivity index (χ4n) is 2.54. The Kier molecular flexibility index (Phi) is 3.71. The first-order valence-corrected chi connectivity index (χ1v) is 7.55. The molecule has 0 aromatic carbocycles. The van der Waals surface area contributed by atoms with Crippen LogP contribution >= 0.6 is 11.6 Å². The summed E-state index contributed by atoms with van der Waals surface area (Å²) in [6, 6.07) is 0. The van der Waals surface area contributed by atoms with Gasteiger partial charge in [0.25, 0.3) is 0 Å². The number of hydrogen-bond donors (Lipinski definition) is 0. The van der Waals surface area contributed by atoms with Crippen LogP contribution in [0.1, 0.15) is 30.1 Å². The topological polar surface area (TPSA) is 61.7 Å². The number of alkyl halides is 1. The second kappa shape index (κ2) is 5.52. The summed E-state index contributed by atoms with van der Waals surface area (Å²) in [6.45, 7) is 4.55. The lowest BCUT2D eigenvalue weighted by Gasteiger charge is -2.06. The second-order valence-corrected chi connectivity index (χ2v) is 5.39. The molecule has 3 heterocycles. The van der Waals surface area contributed by atoms with E-state index in [4.69, 9.17) is 16.0 Å². The molecule has 0 aliphatic rings. The number of halogens is 1. The van der Waals surface area contributed by atoms with Crippen LogP contribution in [-0.2, 0) is 26.4 Å². The predicted octanol–water partition coefficient (Wildman–Crippen LogP) is 2.46. The summed E-state index contributed by atoms with van der Waals surface area (Å²) in [5.74, 6) is 3.04. The van der Waals surface area contributed by atoms with Gasteiger partial charge in [0.15, 0.2) is 5.65 Å². The van der Waals surface area contributed by atoms with E-state index in [0.29, 0.717) is 24.7 Å². The highest BCUT2D eigenvalue weighted by atomic mass is 35.5. The van der Waals surface area contributed by atoms with Gasteiger partial charge in [0.2, 0.25) is 5.89 Å². The van der Waals surface area contributed by atoms with Gasteiger partial charge in [0.1, 0.15) is 23.6 Å². The van der Waals surface area contributed by atoms with Gasteiger partial charge in [0, 0.05) is 25.8 Å². The standard InChI is InChI=1S/C14H18ClN5O/c1-4-10-7-16-12(21-10)8-20-11(5-6-15)17-13-9(2)18-19(3)14(13)20/h7H,4-6,8H2,1-3H3. The number of hydrogen-bond acceptors (Lipinski definition) is 4. The molecule has 3 aromatic rings. The summed E-state index contributed by atoms with van der Waals surface area (Å²) in [5.41, 5.74) is 2.81. The fourth-order valence-corrected chi connectivity index (χ4v) is 2.71. The lowest BCUT2D eigenvalue weighted by Crippen LogP contribution is -2.09. The molecule has 3 rings (SSSR count). The first-order valence-electron chi connectivity index (χ1n) is 7.02. The van der Waals surface area contributed by atoms with E-state index in [-0.39, 0.29) is 0 Å². The van der Waals surface area contributed by atoms with Crippen molar-refractivity contribution in [3.05, 3.63) is 29.4 Å². The molecular formula is C14H18ClN5O. The largest absolute Gasteiger partial charge is 0.444 e. The van der Waals surface area contributed by atoms with Crippen molar-refractivity contribution < 1.29 is 4.42 Å². The lowest BCUT2D eigenvalue weighted by molar-refractivity contribution is 0.444. The molecule has 21 heavy (non-hydrogen) atoms. The van der Waals surface area contributed by atoms with Crippen LogP contribution in [0.15, 0.2) is 10.6 Å². The van der Waals surface area contributed by atoms with Gasteiger partial charge in [-0.1, -0.05) is 6.92 Å². The minimum absolute atomic E-state index is 0.529. The number of fused-ring (bicyclic) bond motifs is 1. The van der Waals surface area contributed by atoms with Crippen LogP contribution in [0.5, 0.6) is 0 Å². The van der Waals surface area contributed by atoms with Gasteiger partial charge in [-0.3, -0.25) is 4.68 Å². The van der Waals surface area contributed by atoms with Crippen molar-refractivity contribution in [2.45, 2.75) is 33.2 Å². The fraction of sp³-hybridized carbons (Fsp3) is 0.500. The summed E-state index contributed by atoms with van der Waals surface area (Å²) >= 11 is 5.90. The summed E-state index contributed by atoms with van der Waals surface area (Å²) < 4.78 is 9.65. The second-order valence-electron chi connectivity index (χ2n) is 5.01. The van der Waals surface area contributed by atoms with Gasteiger partial charge in [0.05, 0.1) is 11.9 Å². The summed E-state index contributed by atoms with van der Waals surface area (Å²) in [4.78, 5) is 9.00. The van der Waals surface area contributed by atoms with Crippen molar-refractivity contribution in [3.63, 3.8) is 0 Å². The minimum atomic E-state index is 0.529. The highest BCUT2D eigenvalue weighted by molar-refractivity contribution is 6.17. The number of nitrogens with zero attached hydrogens (tertiary/aromatic N) is 5. The third kappa shape index (κ3) is 2.44. The molecular weight excluding hydrogens is 290 g/mol. The van der Waals surface area contributed by atoms with E-state index in [1.165, 1.54) is 0 Å². The average molecular weight is 308 g/mol. The van der Waals surface area contributed by atoms with Gasteiger partial charge < -0.3 is 8.98 Å². The Labute approximate surface area is 127 Å². The Morgan fingerprint density at radius 2 is 2.19 bits per heavy atom. The SMILES string of the molecule is CCc1cnc(Cn2c(CCCl)nc3c(C)nn(C)c32)o1.